The largest absolute Gasteiger partial charge is 0.465 e. The number of hydroxylamine groups is 2. The van der Waals surface area contributed by atoms with E-state index in [4.69, 9.17) is 9.57 Å². The Kier molecular flexibility index (Phi) is 4.52. The molecule has 0 N–H and O–H groups in total. The first kappa shape index (κ1) is 13.5. The predicted molar refractivity (Wildman–Crippen MR) is 68.2 cm³/mol. The first-order valence-corrected chi connectivity index (χ1v) is 6.43. The summed E-state index contributed by atoms with van der Waals surface area (Å²) in [6.07, 6.45) is 1.46. The summed E-state index contributed by atoms with van der Waals surface area (Å²) < 4.78 is 4.97. The van der Waals surface area contributed by atoms with Gasteiger partial charge in [-0.25, -0.2) is 4.79 Å². The summed E-state index contributed by atoms with van der Waals surface area (Å²) in [5, 5.41) is 1.42. The van der Waals surface area contributed by atoms with Crippen LogP contribution in [0.5, 0.6) is 0 Å². The van der Waals surface area contributed by atoms with E-state index in [1.54, 1.807) is 31.2 Å². The lowest BCUT2D eigenvalue weighted by Crippen LogP contribution is -2.38. The monoisotopic (exact) mass is 263 g/mol. The van der Waals surface area contributed by atoms with Crippen LogP contribution in [-0.2, 0) is 14.4 Å². The number of benzene rings is 1. The minimum Gasteiger partial charge on any atom is -0.465 e. The maximum absolute atomic E-state index is 11.9. The fraction of sp³-hybridized carbons (Fsp3) is 0.429. The van der Waals surface area contributed by atoms with Gasteiger partial charge in [-0.1, -0.05) is 18.2 Å². The summed E-state index contributed by atoms with van der Waals surface area (Å²) in [4.78, 5) is 28.9. The SMILES string of the molecule is CCOC(=O)C1CCCN1OC(=O)c1ccccc1. The van der Waals surface area contributed by atoms with Crippen molar-refractivity contribution in [1.82, 2.24) is 5.06 Å². The molecule has 1 fully saturated rings. The molecule has 102 valence electrons. The van der Waals surface area contributed by atoms with Gasteiger partial charge in [0.05, 0.1) is 12.2 Å². The minimum absolute atomic E-state index is 0.329. The maximum atomic E-state index is 11.9. The van der Waals surface area contributed by atoms with E-state index in [0.717, 1.165) is 6.42 Å². The molecule has 0 aromatic heterocycles. The van der Waals surface area contributed by atoms with Crippen LogP contribution in [0.15, 0.2) is 30.3 Å². The van der Waals surface area contributed by atoms with E-state index in [2.05, 4.69) is 0 Å². The Balaban J connectivity index is 1.98. The summed E-state index contributed by atoms with van der Waals surface area (Å²) in [6, 6.07) is 8.24. The van der Waals surface area contributed by atoms with Crippen LogP contribution in [0.3, 0.4) is 0 Å². The van der Waals surface area contributed by atoms with Gasteiger partial charge in [-0.05, 0) is 31.9 Å². The van der Waals surface area contributed by atoms with Gasteiger partial charge in [0.2, 0.25) is 0 Å². The van der Waals surface area contributed by atoms with Crippen molar-refractivity contribution in [2.24, 2.45) is 0 Å². The molecule has 5 heteroatoms. The molecule has 0 spiro atoms. The van der Waals surface area contributed by atoms with Gasteiger partial charge in [0.25, 0.3) is 0 Å². The molecule has 0 radical (unpaired) electrons. The molecule has 5 nitrogen and oxygen atoms in total. The summed E-state index contributed by atoms with van der Waals surface area (Å²) in [6.45, 7) is 2.64. The molecular weight excluding hydrogens is 246 g/mol. The quantitative estimate of drug-likeness (QED) is 0.775. The Hall–Kier alpha value is -1.88. The molecule has 19 heavy (non-hydrogen) atoms. The number of ether oxygens (including phenoxy) is 1. The van der Waals surface area contributed by atoms with E-state index < -0.39 is 12.0 Å². The van der Waals surface area contributed by atoms with E-state index in [1.807, 2.05) is 6.07 Å². The summed E-state index contributed by atoms with van der Waals surface area (Å²) in [7, 11) is 0. The third-order valence-corrected chi connectivity index (χ3v) is 2.97. The second-order valence-electron chi connectivity index (χ2n) is 4.30. The normalized spacial score (nSPS) is 19.1. The molecule has 0 bridgehead atoms. The first-order valence-electron chi connectivity index (χ1n) is 6.43. The van der Waals surface area contributed by atoms with E-state index in [9.17, 15) is 9.59 Å². The van der Waals surface area contributed by atoms with E-state index in [1.165, 1.54) is 5.06 Å². The summed E-state index contributed by atoms with van der Waals surface area (Å²) in [5.74, 6) is -0.780. The van der Waals surface area contributed by atoms with Gasteiger partial charge < -0.3 is 9.57 Å². The second-order valence-corrected chi connectivity index (χ2v) is 4.30. The second kappa shape index (κ2) is 6.33. The van der Waals surface area contributed by atoms with Crippen molar-refractivity contribution in [2.45, 2.75) is 25.8 Å². The molecule has 1 aliphatic heterocycles. The molecular formula is C14H17NO4. The van der Waals surface area contributed by atoms with Crippen LogP contribution in [0, 0.1) is 0 Å². The van der Waals surface area contributed by atoms with E-state index >= 15 is 0 Å². The van der Waals surface area contributed by atoms with Crippen LogP contribution in [-0.4, -0.2) is 36.2 Å². The van der Waals surface area contributed by atoms with Crippen molar-refractivity contribution >= 4 is 11.9 Å². The fourth-order valence-corrected chi connectivity index (χ4v) is 2.06. The highest BCUT2D eigenvalue weighted by molar-refractivity contribution is 5.89. The van der Waals surface area contributed by atoms with Crippen LogP contribution >= 0.6 is 0 Å². The van der Waals surface area contributed by atoms with E-state index in [0.29, 0.717) is 25.1 Å². The van der Waals surface area contributed by atoms with Crippen molar-refractivity contribution in [1.29, 1.82) is 0 Å². The molecule has 1 atom stereocenters. The third kappa shape index (κ3) is 3.32. The number of nitrogens with zero attached hydrogens (tertiary/aromatic N) is 1. The van der Waals surface area contributed by atoms with Crippen molar-refractivity contribution in [2.75, 3.05) is 13.2 Å². The number of rotatable bonds is 4. The number of esters is 1. The van der Waals surface area contributed by atoms with Crippen LogP contribution < -0.4 is 0 Å². The first-order chi connectivity index (χ1) is 9.22. The Bertz CT molecular complexity index is 446. The lowest BCUT2D eigenvalue weighted by atomic mass is 10.2. The van der Waals surface area contributed by atoms with Gasteiger partial charge in [-0.3, -0.25) is 4.79 Å². The number of carbonyl (C=O) groups excluding carboxylic acids is 2. The maximum Gasteiger partial charge on any atom is 0.357 e. The Morgan fingerprint density at radius 3 is 2.74 bits per heavy atom. The average molecular weight is 263 g/mol. The number of carbonyl (C=O) groups is 2. The standard InChI is InChI=1S/C14H17NO4/c1-2-18-14(17)12-9-6-10-15(12)19-13(16)11-7-4-3-5-8-11/h3-5,7-8,12H,2,6,9-10H2,1H3. The van der Waals surface area contributed by atoms with Gasteiger partial charge in [-0.15, -0.1) is 5.06 Å². The van der Waals surface area contributed by atoms with Crippen LogP contribution in [0.4, 0.5) is 0 Å². The molecule has 1 saturated heterocycles. The minimum atomic E-state index is -0.479. The Morgan fingerprint density at radius 1 is 1.32 bits per heavy atom. The molecule has 0 amide bonds. The molecule has 1 aromatic rings. The lowest BCUT2D eigenvalue weighted by molar-refractivity contribution is -0.168. The summed E-state index contributed by atoms with van der Waals surface area (Å²) in [5.41, 5.74) is 0.469. The third-order valence-electron chi connectivity index (χ3n) is 2.97. The topological polar surface area (TPSA) is 55.8 Å². The molecule has 1 heterocycles. The van der Waals surface area contributed by atoms with Crippen molar-refractivity contribution in [3.8, 4) is 0 Å². The molecule has 0 aliphatic carbocycles. The highest BCUT2D eigenvalue weighted by Crippen LogP contribution is 2.20. The lowest BCUT2D eigenvalue weighted by Gasteiger charge is -2.21. The van der Waals surface area contributed by atoms with Gasteiger partial charge >= 0.3 is 11.9 Å². The molecule has 1 aromatic carbocycles. The zero-order valence-corrected chi connectivity index (χ0v) is 10.9. The highest BCUT2D eigenvalue weighted by Gasteiger charge is 2.35. The average Bonchev–Trinajstić information content (AvgIpc) is 2.88. The Labute approximate surface area is 112 Å². The van der Waals surface area contributed by atoms with Crippen molar-refractivity contribution in [3.05, 3.63) is 35.9 Å². The molecule has 1 unspecified atom stereocenters. The predicted octanol–water partition coefficient (Wildman–Crippen LogP) is 1.79. The van der Waals surface area contributed by atoms with Gasteiger partial charge in [-0.2, -0.15) is 0 Å². The Morgan fingerprint density at radius 2 is 2.05 bits per heavy atom. The van der Waals surface area contributed by atoms with Crippen molar-refractivity contribution in [3.63, 3.8) is 0 Å². The van der Waals surface area contributed by atoms with Crippen LogP contribution in [0.2, 0.25) is 0 Å². The molecule has 2 rings (SSSR count). The van der Waals surface area contributed by atoms with Crippen molar-refractivity contribution < 1.29 is 19.2 Å². The summed E-state index contributed by atoms with van der Waals surface area (Å²) >= 11 is 0. The fourth-order valence-electron chi connectivity index (χ4n) is 2.06. The van der Waals surface area contributed by atoms with Gasteiger partial charge in [0.15, 0.2) is 0 Å². The smallest absolute Gasteiger partial charge is 0.357 e. The van der Waals surface area contributed by atoms with Gasteiger partial charge in [0, 0.05) is 6.54 Å². The number of hydrogen-bond donors (Lipinski definition) is 0. The van der Waals surface area contributed by atoms with Gasteiger partial charge in [0.1, 0.15) is 6.04 Å². The van der Waals surface area contributed by atoms with Crippen LogP contribution in [0.1, 0.15) is 30.1 Å². The zero-order chi connectivity index (χ0) is 13.7. The molecule has 0 saturated carbocycles. The zero-order valence-electron chi connectivity index (χ0n) is 10.9. The molecule has 1 aliphatic rings. The highest BCUT2D eigenvalue weighted by atomic mass is 16.7. The number of hydrogen-bond acceptors (Lipinski definition) is 5. The van der Waals surface area contributed by atoms with Crippen LogP contribution in [0.25, 0.3) is 0 Å². The van der Waals surface area contributed by atoms with E-state index in [-0.39, 0.29) is 5.97 Å².